The summed E-state index contributed by atoms with van der Waals surface area (Å²) < 4.78 is 2.12. The number of nitrogens with zero attached hydrogens (tertiary/aromatic N) is 3. The van der Waals surface area contributed by atoms with Crippen LogP contribution in [0.2, 0.25) is 0 Å². The van der Waals surface area contributed by atoms with Crippen molar-refractivity contribution in [1.82, 2.24) is 14.7 Å². The molecule has 0 N–H and O–H groups in total. The summed E-state index contributed by atoms with van der Waals surface area (Å²) in [6.45, 7) is 2.55. The lowest BCUT2D eigenvalue weighted by Crippen LogP contribution is -2.46. The fraction of sp³-hybridized carbons (Fsp3) is 0.700. The predicted octanol–water partition coefficient (Wildman–Crippen LogP) is 1.50. The van der Waals surface area contributed by atoms with Gasteiger partial charge in [-0.3, -0.25) is 9.58 Å². The molecule has 4 heterocycles. The molecule has 0 spiro atoms. The number of hydrogen-bond acceptors (Lipinski definition) is 2. The minimum absolute atomic E-state index is 0.558. The van der Waals surface area contributed by atoms with Crippen LogP contribution in [0.25, 0.3) is 0 Å². The van der Waals surface area contributed by atoms with E-state index < -0.39 is 0 Å². The van der Waals surface area contributed by atoms with E-state index >= 15 is 0 Å². The van der Waals surface area contributed by atoms with Gasteiger partial charge in [0, 0.05) is 25.5 Å². The lowest BCUT2D eigenvalue weighted by molar-refractivity contribution is 0.00304. The fourth-order valence-electron chi connectivity index (χ4n) is 2.67. The monoisotopic (exact) mass is 177 g/mol. The molecule has 3 heteroatoms. The Balaban J connectivity index is 1.85. The topological polar surface area (TPSA) is 21.1 Å². The third-order valence-electron chi connectivity index (χ3n) is 3.45. The van der Waals surface area contributed by atoms with Crippen LogP contribution in [-0.4, -0.2) is 27.8 Å². The summed E-state index contributed by atoms with van der Waals surface area (Å²) in [6.07, 6.45) is 8.63. The Hall–Kier alpha value is -0.830. The lowest BCUT2D eigenvalue weighted by atomic mass is 9.86. The number of fused-ring (bicyclic) bond motifs is 3. The van der Waals surface area contributed by atoms with Crippen molar-refractivity contribution >= 4 is 0 Å². The Bertz CT molecular complexity index is 272. The van der Waals surface area contributed by atoms with Gasteiger partial charge in [-0.05, 0) is 31.2 Å². The van der Waals surface area contributed by atoms with Crippen LogP contribution in [-0.2, 0) is 0 Å². The molecule has 0 radical (unpaired) electrons. The molecule has 70 valence electrons. The van der Waals surface area contributed by atoms with Crippen LogP contribution in [0.15, 0.2) is 18.5 Å². The van der Waals surface area contributed by atoms with Gasteiger partial charge < -0.3 is 0 Å². The van der Waals surface area contributed by atoms with Crippen LogP contribution < -0.4 is 0 Å². The van der Waals surface area contributed by atoms with Crippen LogP contribution in [0.3, 0.4) is 0 Å². The molecular formula is C10H15N3. The number of hydrogen-bond donors (Lipinski definition) is 0. The molecule has 2 bridgehead atoms. The average molecular weight is 177 g/mol. The molecule has 3 saturated heterocycles. The van der Waals surface area contributed by atoms with Crippen LogP contribution in [0.4, 0.5) is 0 Å². The van der Waals surface area contributed by atoms with E-state index in [1.807, 2.05) is 12.3 Å². The van der Waals surface area contributed by atoms with Crippen molar-refractivity contribution in [2.24, 2.45) is 5.92 Å². The zero-order valence-corrected chi connectivity index (χ0v) is 7.76. The standard InChI is InChI=1S/C10H15N3/c1-4-11-13(5-1)10-8-9-2-6-12(10)7-3-9/h1,4-5,9-10H,2-3,6-8H2. The van der Waals surface area contributed by atoms with Crippen molar-refractivity contribution < 1.29 is 0 Å². The van der Waals surface area contributed by atoms with Gasteiger partial charge in [-0.2, -0.15) is 5.10 Å². The summed E-state index contributed by atoms with van der Waals surface area (Å²) in [7, 11) is 0. The first-order valence-corrected chi connectivity index (χ1v) is 5.16. The lowest BCUT2D eigenvalue weighted by Gasteiger charge is -2.45. The Morgan fingerprint density at radius 1 is 1.23 bits per heavy atom. The van der Waals surface area contributed by atoms with E-state index in [4.69, 9.17) is 0 Å². The second-order valence-electron chi connectivity index (χ2n) is 4.18. The summed E-state index contributed by atoms with van der Waals surface area (Å²) >= 11 is 0. The first-order chi connectivity index (χ1) is 6.43. The Morgan fingerprint density at radius 3 is 2.62 bits per heavy atom. The quantitative estimate of drug-likeness (QED) is 0.648. The summed E-state index contributed by atoms with van der Waals surface area (Å²) in [5.41, 5.74) is 0. The Morgan fingerprint density at radius 2 is 2.08 bits per heavy atom. The predicted molar refractivity (Wildman–Crippen MR) is 50.2 cm³/mol. The van der Waals surface area contributed by atoms with Crippen LogP contribution >= 0.6 is 0 Å². The molecule has 3 aliphatic rings. The Labute approximate surface area is 78.3 Å². The largest absolute Gasteiger partial charge is 0.282 e. The molecule has 1 atom stereocenters. The first kappa shape index (κ1) is 7.56. The normalized spacial score (nSPS) is 38.0. The van der Waals surface area contributed by atoms with E-state index in [0.29, 0.717) is 6.17 Å². The van der Waals surface area contributed by atoms with Gasteiger partial charge in [0.2, 0.25) is 0 Å². The maximum absolute atomic E-state index is 4.33. The van der Waals surface area contributed by atoms with Crippen molar-refractivity contribution in [3.05, 3.63) is 18.5 Å². The summed E-state index contributed by atoms with van der Waals surface area (Å²) in [4.78, 5) is 2.56. The zero-order chi connectivity index (χ0) is 8.67. The van der Waals surface area contributed by atoms with Gasteiger partial charge in [-0.15, -0.1) is 0 Å². The summed E-state index contributed by atoms with van der Waals surface area (Å²) in [6, 6.07) is 2.02. The van der Waals surface area contributed by atoms with Crippen molar-refractivity contribution in [1.29, 1.82) is 0 Å². The Kier molecular flexibility index (Phi) is 1.65. The van der Waals surface area contributed by atoms with E-state index in [-0.39, 0.29) is 0 Å². The minimum atomic E-state index is 0.558. The van der Waals surface area contributed by atoms with E-state index in [9.17, 15) is 0 Å². The number of aromatic nitrogens is 2. The number of rotatable bonds is 1. The highest BCUT2D eigenvalue weighted by Gasteiger charge is 2.34. The van der Waals surface area contributed by atoms with Gasteiger partial charge in [0.25, 0.3) is 0 Å². The second-order valence-corrected chi connectivity index (χ2v) is 4.18. The van der Waals surface area contributed by atoms with Gasteiger partial charge in [-0.1, -0.05) is 0 Å². The molecule has 1 unspecified atom stereocenters. The molecule has 4 rings (SSSR count). The zero-order valence-electron chi connectivity index (χ0n) is 7.76. The molecule has 1 aromatic rings. The smallest absolute Gasteiger partial charge is 0.104 e. The SMILES string of the molecule is c1cnn(C2CC3CCN2CC3)c1. The van der Waals surface area contributed by atoms with Crippen molar-refractivity contribution in [3.8, 4) is 0 Å². The van der Waals surface area contributed by atoms with Crippen molar-refractivity contribution in [2.75, 3.05) is 13.1 Å². The molecule has 3 fully saturated rings. The highest BCUT2D eigenvalue weighted by molar-refractivity contribution is 4.88. The fourth-order valence-corrected chi connectivity index (χ4v) is 2.67. The van der Waals surface area contributed by atoms with Crippen molar-refractivity contribution in [2.45, 2.75) is 25.4 Å². The minimum Gasteiger partial charge on any atom is -0.282 e. The third kappa shape index (κ3) is 1.18. The van der Waals surface area contributed by atoms with Gasteiger partial charge in [0.05, 0.1) is 0 Å². The second kappa shape index (κ2) is 2.84. The van der Waals surface area contributed by atoms with Gasteiger partial charge in [0.1, 0.15) is 6.17 Å². The first-order valence-electron chi connectivity index (χ1n) is 5.16. The van der Waals surface area contributed by atoms with Gasteiger partial charge >= 0.3 is 0 Å². The van der Waals surface area contributed by atoms with Crippen LogP contribution in [0.1, 0.15) is 25.4 Å². The highest BCUT2D eigenvalue weighted by atomic mass is 15.4. The molecule has 3 nitrogen and oxygen atoms in total. The van der Waals surface area contributed by atoms with Gasteiger partial charge in [-0.25, -0.2) is 0 Å². The summed E-state index contributed by atoms with van der Waals surface area (Å²) in [5, 5.41) is 4.33. The van der Waals surface area contributed by atoms with E-state index in [2.05, 4.69) is 20.9 Å². The average Bonchev–Trinajstić information content (AvgIpc) is 2.72. The molecule has 0 aromatic carbocycles. The molecule has 0 saturated carbocycles. The van der Waals surface area contributed by atoms with E-state index in [0.717, 1.165) is 5.92 Å². The molecule has 0 aliphatic carbocycles. The highest BCUT2D eigenvalue weighted by Crippen LogP contribution is 2.36. The van der Waals surface area contributed by atoms with Crippen LogP contribution in [0.5, 0.6) is 0 Å². The molecule has 0 amide bonds. The molecular weight excluding hydrogens is 162 g/mol. The molecule has 3 aliphatic heterocycles. The van der Waals surface area contributed by atoms with Crippen molar-refractivity contribution in [3.63, 3.8) is 0 Å². The molecule has 1 aromatic heterocycles. The summed E-state index contributed by atoms with van der Waals surface area (Å²) in [5.74, 6) is 0.958. The number of piperidine rings is 3. The maximum Gasteiger partial charge on any atom is 0.104 e. The van der Waals surface area contributed by atoms with Crippen LogP contribution in [0, 0.1) is 5.92 Å². The van der Waals surface area contributed by atoms with E-state index in [1.165, 1.54) is 32.4 Å². The van der Waals surface area contributed by atoms with Gasteiger partial charge in [0.15, 0.2) is 0 Å². The third-order valence-corrected chi connectivity index (χ3v) is 3.45. The van der Waals surface area contributed by atoms with E-state index in [1.54, 1.807) is 0 Å². The molecule has 13 heavy (non-hydrogen) atoms. The maximum atomic E-state index is 4.33.